The molecule has 0 saturated carbocycles. The molecule has 2 heteroatoms. The van der Waals surface area contributed by atoms with E-state index in [9.17, 15) is 0 Å². The lowest BCUT2D eigenvalue weighted by atomic mass is 9.82. The number of nitrogens with zero attached hydrogens (tertiary/aromatic N) is 2. The van der Waals surface area contributed by atoms with Crippen molar-refractivity contribution in [3.05, 3.63) is 12.2 Å². The monoisotopic (exact) mass is 334 g/mol. The molecule has 0 aromatic carbocycles. The van der Waals surface area contributed by atoms with Crippen LogP contribution in [0.25, 0.3) is 0 Å². The molecule has 2 heterocycles. The molecule has 2 aliphatic heterocycles. The van der Waals surface area contributed by atoms with Crippen LogP contribution in [0.1, 0.15) is 67.2 Å². The van der Waals surface area contributed by atoms with Crippen LogP contribution in [0.4, 0.5) is 0 Å². The highest BCUT2D eigenvalue weighted by Crippen LogP contribution is 2.29. The average molecular weight is 335 g/mol. The summed E-state index contributed by atoms with van der Waals surface area (Å²) in [4.78, 5) is 5.40. The molecule has 0 aromatic heterocycles. The molecule has 0 aliphatic carbocycles. The van der Waals surface area contributed by atoms with E-state index in [1.165, 1.54) is 45.3 Å². The fourth-order valence-corrected chi connectivity index (χ4v) is 4.47. The van der Waals surface area contributed by atoms with Crippen molar-refractivity contribution in [2.45, 2.75) is 79.3 Å². The van der Waals surface area contributed by atoms with Crippen LogP contribution in [0.5, 0.6) is 0 Å². The van der Waals surface area contributed by atoms with E-state index in [1.54, 1.807) is 0 Å². The van der Waals surface area contributed by atoms with Crippen molar-refractivity contribution in [3.63, 3.8) is 0 Å². The molecule has 1 fully saturated rings. The van der Waals surface area contributed by atoms with Gasteiger partial charge in [0.1, 0.15) is 0 Å². The average Bonchev–Trinajstić information content (AvgIpc) is 2.59. The fraction of sp³-hybridized carbons (Fsp3) is 0.909. The first kappa shape index (κ1) is 20.0. The molecule has 2 rings (SSSR count). The van der Waals surface area contributed by atoms with Gasteiger partial charge in [-0.1, -0.05) is 32.9 Å². The Hall–Kier alpha value is -0.340. The second kappa shape index (κ2) is 9.38. The molecule has 0 amide bonds. The van der Waals surface area contributed by atoms with E-state index in [0.29, 0.717) is 6.04 Å². The number of rotatable bonds is 7. The summed E-state index contributed by atoms with van der Waals surface area (Å²) in [6, 6.07) is 1.44. The fourth-order valence-electron chi connectivity index (χ4n) is 4.47. The number of likely N-dealkylation sites (tertiary alicyclic amines) is 1. The van der Waals surface area contributed by atoms with Crippen molar-refractivity contribution in [1.82, 2.24) is 9.80 Å². The highest BCUT2D eigenvalue weighted by Gasteiger charge is 2.27. The maximum Gasteiger partial charge on any atom is 0.0166 e. The Bertz CT molecular complexity index is 387. The number of hydrogen-bond donors (Lipinski definition) is 0. The molecule has 140 valence electrons. The molecule has 0 radical (unpaired) electrons. The van der Waals surface area contributed by atoms with Gasteiger partial charge >= 0.3 is 0 Å². The van der Waals surface area contributed by atoms with Crippen LogP contribution in [0.15, 0.2) is 12.2 Å². The molecule has 0 aromatic rings. The summed E-state index contributed by atoms with van der Waals surface area (Å²) in [5.74, 6) is 3.30. The SMILES string of the molecule is CC(C)C1C=CCN(C(C)CCC(C)C2CCCN(C(C)C)C2)C1. The maximum absolute atomic E-state index is 2.71. The molecule has 4 atom stereocenters. The van der Waals surface area contributed by atoms with Crippen LogP contribution in [0, 0.1) is 23.7 Å². The Labute approximate surface area is 151 Å². The van der Waals surface area contributed by atoms with Gasteiger partial charge in [-0.2, -0.15) is 0 Å². The van der Waals surface area contributed by atoms with Gasteiger partial charge in [0.2, 0.25) is 0 Å². The third-order valence-corrected chi connectivity index (χ3v) is 6.71. The van der Waals surface area contributed by atoms with E-state index < -0.39 is 0 Å². The highest BCUT2D eigenvalue weighted by molar-refractivity contribution is 4.99. The summed E-state index contributed by atoms with van der Waals surface area (Å²) < 4.78 is 0. The first-order valence-corrected chi connectivity index (χ1v) is 10.5. The summed E-state index contributed by atoms with van der Waals surface area (Å²) in [7, 11) is 0. The zero-order chi connectivity index (χ0) is 17.7. The van der Waals surface area contributed by atoms with Gasteiger partial charge in [-0.3, -0.25) is 4.90 Å². The van der Waals surface area contributed by atoms with Gasteiger partial charge in [-0.05, 0) is 76.7 Å². The number of hydrogen-bond acceptors (Lipinski definition) is 2. The Morgan fingerprint density at radius 1 is 0.958 bits per heavy atom. The summed E-state index contributed by atoms with van der Waals surface area (Å²) >= 11 is 0. The lowest BCUT2D eigenvalue weighted by molar-refractivity contribution is 0.102. The summed E-state index contributed by atoms with van der Waals surface area (Å²) in [6.45, 7) is 19.4. The standard InChI is InChI=1S/C22H42N2/c1-17(2)21-9-7-14-24(15-21)20(6)12-11-19(5)22-10-8-13-23(16-22)18(3)4/h7,9,17-22H,8,10-16H2,1-6H3. The lowest BCUT2D eigenvalue weighted by Crippen LogP contribution is -2.42. The van der Waals surface area contributed by atoms with Crippen LogP contribution < -0.4 is 0 Å². The minimum atomic E-state index is 0.715. The van der Waals surface area contributed by atoms with Gasteiger partial charge < -0.3 is 4.90 Å². The topological polar surface area (TPSA) is 6.48 Å². The molecular formula is C22H42N2. The van der Waals surface area contributed by atoms with Crippen molar-refractivity contribution in [1.29, 1.82) is 0 Å². The van der Waals surface area contributed by atoms with Crippen LogP contribution in [-0.2, 0) is 0 Å². The first-order valence-electron chi connectivity index (χ1n) is 10.5. The quantitative estimate of drug-likeness (QED) is 0.601. The molecule has 2 aliphatic rings. The molecule has 4 unspecified atom stereocenters. The predicted octanol–water partition coefficient (Wildman–Crippen LogP) is 5.06. The van der Waals surface area contributed by atoms with Crippen LogP contribution in [0.3, 0.4) is 0 Å². The molecule has 0 N–H and O–H groups in total. The Balaban J connectivity index is 1.76. The van der Waals surface area contributed by atoms with Crippen molar-refractivity contribution >= 4 is 0 Å². The van der Waals surface area contributed by atoms with Crippen LogP contribution in [-0.4, -0.2) is 48.1 Å². The van der Waals surface area contributed by atoms with E-state index in [0.717, 1.165) is 36.3 Å². The molecule has 24 heavy (non-hydrogen) atoms. The van der Waals surface area contributed by atoms with Gasteiger partial charge in [0.15, 0.2) is 0 Å². The van der Waals surface area contributed by atoms with E-state index in [4.69, 9.17) is 0 Å². The zero-order valence-electron chi connectivity index (χ0n) is 17.2. The summed E-state index contributed by atoms with van der Waals surface area (Å²) in [6.07, 6.45) is 10.4. The van der Waals surface area contributed by atoms with E-state index in [-0.39, 0.29) is 0 Å². The van der Waals surface area contributed by atoms with E-state index >= 15 is 0 Å². The Kier molecular flexibility index (Phi) is 7.81. The van der Waals surface area contributed by atoms with Crippen molar-refractivity contribution < 1.29 is 0 Å². The summed E-state index contributed by atoms with van der Waals surface area (Å²) in [5.41, 5.74) is 0. The normalized spacial score (nSPS) is 29.3. The Morgan fingerprint density at radius 3 is 2.38 bits per heavy atom. The van der Waals surface area contributed by atoms with Gasteiger partial charge in [-0.15, -0.1) is 0 Å². The minimum Gasteiger partial charge on any atom is -0.301 e. The van der Waals surface area contributed by atoms with Crippen LogP contribution in [0.2, 0.25) is 0 Å². The molecular weight excluding hydrogens is 292 g/mol. The van der Waals surface area contributed by atoms with Gasteiger partial charge in [-0.25, -0.2) is 0 Å². The minimum absolute atomic E-state index is 0.715. The van der Waals surface area contributed by atoms with Crippen molar-refractivity contribution in [2.24, 2.45) is 23.7 Å². The summed E-state index contributed by atoms with van der Waals surface area (Å²) in [5, 5.41) is 0. The smallest absolute Gasteiger partial charge is 0.0166 e. The van der Waals surface area contributed by atoms with E-state index in [2.05, 4.69) is 63.5 Å². The van der Waals surface area contributed by atoms with Crippen molar-refractivity contribution in [2.75, 3.05) is 26.2 Å². The zero-order valence-corrected chi connectivity index (χ0v) is 17.2. The van der Waals surface area contributed by atoms with Gasteiger partial charge in [0, 0.05) is 31.7 Å². The molecule has 0 bridgehead atoms. The Morgan fingerprint density at radius 2 is 1.71 bits per heavy atom. The second-order valence-electron chi connectivity index (χ2n) is 9.18. The second-order valence-corrected chi connectivity index (χ2v) is 9.18. The first-order chi connectivity index (χ1) is 11.4. The third-order valence-electron chi connectivity index (χ3n) is 6.71. The van der Waals surface area contributed by atoms with Crippen LogP contribution >= 0.6 is 0 Å². The maximum atomic E-state index is 2.71. The third kappa shape index (κ3) is 5.59. The van der Waals surface area contributed by atoms with Gasteiger partial charge in [0.25, 0.3) is 0 Å². The van der Waals surface area contributed by atoms with E-state index in [1.807, 2.05) is 0 Å². The van der Waals surface area contributed by atoms with Crippen molar-refractivity contribution in [3.8, 4) is 0 Å². The largest absolute Gasteiger partial charge is 0.301 e. The molecule has 0 spiro atoms. The molecule has 1 saturated heterocycles. The number of piperidine rings is 1. The lowest BCUT2D eigenvalue weighted by Gasteiger charge is -2.39. The highest BCUT2D eigenvalue weighted by atomic mass is 15.2. The van der Waals surface area contributed by atoms with Gasteiger partial charge in [0.05, 0.1) is 0 Å². The molecule has 2 nitrogen and oxygen atoms in total. The predicted molar refractivity (Wildman–Crippen MR) is 106 cm³/mol.